The average Bonchev–Trinajstić information content (AvgIpc) is 3.36. The number of aliphatic imine (C=N–C) groups is 1. The van der Waals surface area contributed by atoms with E-state index in [9.17, 15) is 5.11 Å². The number of hydrogen-bond donors (Lipinski definition) is 2. The first-order chi connectivity index (χ1) is 14.1. The Morgan fingerprint density at radius 2 is 1.83 bits per heavy atom. The van der Waals surface area contributed by atoms with Crippen molar-refractivity contribution in [1.29, 1.82) is 0 Å². The van der Waals surface area contributed by atoms with Crippen molar-refractivity contribution in [2.45, 2.75) is 45.2 Å². The first-order valence-corrected chi connectivity index (χ1v) is 10.6. The minimum absolute atomic E-state index is 0. The average molecular weight is 525 g/mol. The number of phenols is 1. The van der Waals surface area contributed by atoms with Gasteiger partial charge in [0.25, 0.3) is 0 Å². The number of nitrogens with zero attached hydrogens (tertiary/aromatic N) is 6. The van der Waals surface area contributed by atoms with Crippen LogP contribution in [0.5, 0.6) is 5.75 Å². The van der Waals surface area contributed by atoms with E-state index in [-0.39, 0.29) is 24.0 Å². The summed E-state index contributed by atoms with van der Waals surface area (Å²) in [5.41, 5.74) is 0.906. The lowest BCUT2D eigenvalue weighted by molar-refractivity contribution is 0.362. The lowest BCUT2D eigenvalue weighted by Crippen LogP contribution is -2.54. The third kappa shape index (κ3) is 5.16. The Bertz CT molecular complexity index is 855. The highest BCUT2D eigenvalue weighted by Gasteiger charge is 2.24. The number of halogens is 1. The van der Waals surface area contributed by atoms with Gasteiger partial charge in [-0.05, 0) is 31.9 Å². The van der Waals surface area contributed by atoms with Gasteiger partial charge in [0.15, 0.2) is 11.8 Å². The SMILES string of the molecule is Cc1nnc(CN=C(NC2CCCC2)N2CCN(c3ccccc3O)CC2)n1C.I. The fraction of sp³-hybridized carbons (Fsp3) is 0.571. The molecule has 0 amide bonds. The van der Waals surface area contributed by atoms with Crippen molar-refractivity contribution in [3.8, 4) is 5.75 Å². The van der Waals surface area contributed by atoms with E-state index >= 15 is 0 Å². The fourth-order valence-electron chi connectivity index (χ4n) is 4.11. The van der Waals surface area contributed by atoms with Crippen molar-refractivity contribution in [2.24, 2.45) is 12.0 Å². The van der Waals surface area contributed by atoms with Gasteiger partial charge in [0, 0.05) is 39.3 Å². The van der Waals surface area contributed by atoms with Crippen LogP contribution in [0.1, 0.15) is 37.3 Å². The number of phenolic OH excluding ortho intramolecular Hbond substituents is 1. The van der Waals surface area contributed by atoms with Crippen LogP contribution in [0.25, 0.3) is 0 Å². The Balaban J connectivity index is 0.00000256. The van der Waals surface area contributed by atoms with Crippen LogP contribution in [0.4, 0.5) is 5.69 Å². The number of benzene rings is 1. The molecule has 30 heavy (non-hydrogen) atoms. The normalized spacial score (nSPS) is 17.9. The van der Waals surface area contributed by atoms with Crippen LogP contribution in [0.3, 0.4) is 0 Å². The quantitative estimate of drug-likeness (QED) is 0.363. The molecular formula is C21H32IN7O. The van der Waals surface area contributed by atoms with E-state index in [1.807, 2.05) is 36.7 Å². The number of guanidine groups is 1. The van der Waals surface area contributed by atoms with Crippen LogP contribution in [-0.2, 0) is 13.6 Å². The summed E-state index contributed by atoms with van der Waals surface area (Å²) in [4.78, 5) is 9.48. The summed E-state index contributed by atoms with van der Waals surface area (Å²) in [6.45, 7) is 5.91. The number of para-hydroxylation sites is 2. The molecule has 9 heteroatoms. The second-order valence-corrected chi connectivity index (χ2v) is 7.95. The number of nitrogens with one attached hydrogen (secondary N) is 1. The molecule has 1 aromatic carbocycles. The first kappa shape index (κ1) is 22.6. The highest BCUT2D eigenvalue weighted by atomic mass is 127. The second kappa shape index (κ2) is 10.3. The summed E-state index contributed by atoms with van der Waals surface area (Å²) in [6, 6.07) is 8.07. The van der Waals surface area contributed by atoms with Crippen LogP contribution in [0.2, 0.25) is 0 Å². The summed E-state index contributed by atoms with van der Waals surface area (Å²) in [7, 11) is 1.98. The lowest BCUT2D eigenvalue weighted by Gasteiger charge is -2.38. The molecule has 164 valence electrons. The van der Waals surface area contributed by atoms with Gasteiger partial charge in [0.2, 0.25) is 0 Å². The third-order valence-electron chi connectivity index (χ3n) is 6.04. The third-order valence-corrected chi connectivity index (χ3v) is 6.04. The number of aromatic hydroxyl groups is 1. The van der Waals surface area contributed by atoms with Gasteiger partial charge in [-0.3, -0.25) is 0 Å². The zero-order chi connectivity index (χ0) is 20.2. The van der Waals surface area contributed by atoms with E-state index in [1.165, 1.54) is 25.7 Å². The molecule has 1 aliphatic carbocycles. The van der Waals surface area contributed by atoms with E-state index in [0.29, 0.717) is 18.3 Å². The van der Waals surface area contributed by atoms with Crippen molar-refractivity contribution >= 4 is 35.6 Å². The van der Waals surface area contributed by atoms with E-state index in [2.05, 4.69) is 25.3 Å². The van der Waals surface area contributed by atoms with Crippen molar-refractivity contribution < 1.29 is 5.11 Å². The van der Waals surface area contributed by atoms with Crippen molar-refractivity contribution in [2.75, 3.05) is 31.1 Å². The second-order valence-electron chi connectivity index (χ2n) is 7.95. The van der Waals surface area contributed by atoms with Crippen molar-refractivity contribution in [3.05, 3.63) is 35.9 Å². The summed E-state index contributed by atoms with van der Waals surface area (Å²) < 4.78 is 1.99. The Morgan fingerprint density at radius 3 is 2.47 bits per heavy atom. The van der Waals surface area contributed by atoms with Gasteiger partial charge in [-0.2, -0.15) is 0 Å². The molecule has 0 radical (unpaired) electrons. The van der Waals surface area contributed by atoms with E-state index < -0.39 is 0 Å². The van der Waals surface area contributed by atoms with Crippen LogP contribution < -0.4 is 10.2 Å². The molecule has 2 N–H and O–H groups in total. The van der Waals surface area contributed by atoms with Gasteiger partial charge in [0.1, 0.15) is 18.1 Å². The highest BCUT2D eigenvalue weighted by Crippen LogP contribution is 2.27. The molecule has 2 aromatic rings. The summed E-state index contributed by atoms with van der Waals surface area (Å²) >= 11 is 0. The standard InChI is InChI=1S/C21H31N7O.HI/c1-16-24-25-20(26(16)2)15-22-21(23-17-7-3-4-8-17)28-13-11-27(12-14-28)18-9-5-6-10-19(18)29;/h5-6,9-10,17,29H,3-4,7-8,11-15H2,1-2H3,(H,22,23);1H. The molecule has 0 spiro atoms. The molecule has 8 nitrogen and oxygen atoms in total. The predicted molar refractivity (Wildman–Crippen MR) is 130 cm³/mol. The number of aromatic nitrogens is 3. The molecule has 4 rings (SSSR count). The monoisotopic (exact) mass is 525 g/mol. The molecule has 2 fully saturated rings. The Hall–Kier alpha value is -2.04. The van der Waals surface area contributed by atoms with E-state index in [1.54, 1.807) is 6.07 Å². The molecule has 0 bridgehead atoms. The van der Waals surface area contributed by atoms with Crippen LogP contribution >= 0.6 is 24.0 Å². The summed E-state index contributed by atoms with van der Waals surface area (Å²) in [6.07, 6.45) is 4.99. The topological polar surface area (TPSA) is 81.8 Å². The maximum atomic E-state index is 10.2. The van der Waals surface area contributed by atoms with Gasteiger partial charge < -0.3 is 24.8 Å². The molecule has 1 saturated heterocycles. The Labute approximate surface area is 195 Å². The molecule has 0 unspecified atom stereocenters. The van der Waals surface area contributed by atoms with Crippen LogP contribution in [0, 0.1) is 6.92 Å². The molecule has 0 atom stereocenters. The molecule has 2 heterocycles. The predicted octanol–water partition coefficient (Wildman–Crippen LogP) is 2.66. The van der Waals surface area contributed by atoms with Gasteiger partial charge in [-0.15, -0.1) is 34.2 Å². The molecule has 1 aromatic heterocycles. The van der Waals surface area contributed by atoms with Gasteiger partial charge >= 0.3 is 0 Å². The molecule has 1 aliphatic heterocycles. The Morgan fingerprint density at radius 1 is 1.13 bits per heavy atom. The highest BCUT2D eigenvalue weighted by molar-refractivity contribution is 14.0. The largest absolute Gasteiger partial charge is 0.506 e. The smallest absolute Gasteiger partial charge is 0.194 e. The minimum Gasteiger partial charge on any atom is -0.506 e. The molecule has 2 aliphatic rings. The summed E-state index contributed by atoms with van der Waals surface area (Å²) in [5, 5.41) is 22.2. The first-order valence-electron chi connectivity index (χ1n) is 10.6. The number of piperazine rings is 1. The minimum atomic E-state index is 0. The number of anilines is 1. The molecule has 1 saturated carbocycles. The van der Waals surface area contributed by atoms with Crippen molar-refractivity contribution in [1.82, 2.24) is 25.0 Å². The van der Waals surface area contributed by atoms with Gasteiger partial charge in [-0.1, -0.05) is 25.0 Å². The van der Waals surface area contributed by atoms with Crippen LogP contribution in [-0.4, -0.2) is 63.0 Å². The van der Waals surface area contributed by atoms with Gasteiger partial charge in [-0.25, -0.2) is 4.99 Å². The lowest BCUT2D eigenvalue weighted by atomic mass is 10.2. The maximum Gasteiger partial charge on any atom is 0.194 e. The van der Waals surface area contributed by atoms with Crippen molar-refractivity contribution in [3.63, 3.8) is 0 Å². The zero-order valence-corrected chi connectivity index (χ0v) is 20.1. The number of hydrogen-bond acceptors (Lipinski definition) is 5. The van der Waals surface area contributed by atoms with Crippen LogP contribution in [0.15, 0.2) is 29.3 Å². The number of aryl methyl sites for hydroxylation is 1. The summed E-state index contributed by atoms with van der Waals surface area (Å²) in [5.74, 6) is 3.09. The number of rotatable bonds is 4. The fourth-order valence-corrected chi connectivity index (χ4v) is 4.11. The Kier molecular flexibility index (Phi) is 7.79. The maximum absolute atomic E-state index is 10.2. The van der Waals surface area contributed by atoms with E-state index in [0.717, 1.165) is 49.5 Å². The van der Waals surface area contributed by atoms with Gasteiger partial charge in [0.05, 0.1) is 5.69 Å². The molecular weight excluding hydrogens is 493 g/mol. The van der Waals surface area contributed by atoms with E-state index in [4.69, 9.17) is 4.99 Å². The zero-order valence-electron chi connectivity index (χ0n) is 17.8.